The van der Waals surface area contributed by atoms with Crippen molar-refractivity contribution in [1.29, 1.82) is 0 Å². The van der Waals surface area contributed by atoms with Crippen LogP contribution in [0, 0.1) is 23.7 Å². The lowest BCUT2D eigenvalue weighted by Crippen LogP contribution is -1.93. The summed E-state index contributed by atoms with van der Waals surface area (Å²) in [6.07, 6.45) is 11.7. The van der Waals surface area contributed by atoms with Gasteiger partial charge in [0, 0.05) is 32.1 Å². The Kier molecular flexibility index (Phi) is 14.5. The van der Waals surface area contributed by atoms with Crippen LogP contribution in [0.3, 0.4) is 0 Å². The van der Waals surface area contributed by atoms with Gasteiger partial charge in [-0.2, -0.15) is 0 Å². The molecule has 0 amide bonds. The van der Waals surface area contributed by atoms with E-state index in [1.807, 2.05) is 0 Å². The van der Waals surface area contributed by atoms with Crippen LogP contribution in [0.25, 0.3) is 0 Å². The van der Waals surface area contributed by atoms with Crippen molar-refractivity contribution in [3.63, 3.8) is 0 Å². The number of unbranched alkanes of at least 4 members (excludes halogenated alkanes) is 8. The Hall–Kier alpha value is -1.41. The molecule has 112 valence electrons. The summed E-state index contributed by atoms with van der Waals surface area (Å²) >= 11 is 0. The SMILES string of the molecule is CCCCCC#CCCC#CCCCCCCC(=O)O. The lowest BCUT2D eigenvalue weighted by atomic mass is 10.1. The van der Waals surface area contributed by atoms with Crippen LogP contribution in [-0.4, -0.2) is 11.1 Å². The smallest absolute Gasteiger partial charge is 0.303 e. The predicted octanol–water partition coefficient (Wildman–Crippen LogP) is 4.78. The molecule has 0 aliphatic heterocycles. The summed E-state index contributed by atoms with van der Waals surface area (Å²) in [7, 11) is 0. The summed E-state index contributed by atoms with van der Waals surface area (Å²) in [4.78, 5) is 10.3. The monoisotopic (exact) mass is 276 g/mol. The Balaban J connectivity index is 3.26. The predicted molar refractivity (Wildman–Crippen MR) is 84.3 cm³/mol. The Morgan fingerprint density at radius 1 is 0.750 bits per heavy atom. The average Bonchev–Trinajstić information content (AvgIpc) is 2.43. The number of rotatable bonds is 10. The van der Waals surface area contributed by atoms with Gasteiger partial charge in [0.25, 0.3) is 0 Å². The molecule has 0 bridgehead atoms. The Labute approximate surface area is 124 Å². The van der Waals surface area contributed by atoms with Gasteiger partial charge in [0.15, 0.2) is 0 Å². The minimum Gasteiger partial charge on any atom is -0.481 e. The molecule has 0 saturated heterocycles. The highest BCUT2D eigenvalue weighted by atomic mass is 16.4. The van der Waals surface area contributed by atoms with E-state index in [4.69, 9.17) is 5.11 Å². The Morgan fingerprint density at radius 2 is 1.25 bits per heavy atom. The topological polar surface area (TPSA) is 37.3 Å². The van der Waals surface area contributed by atoms with Gasteiger partial charge in [-0.15, -0.1) is 23.7 Å². The molecule has 2 nitrogen and oxygen atoms in total. The first-order valence-corrected chi connectivity index (χ1v) is 7.90. The van der Waals surface area contributed by atoms with Crippen LogP contribution in [0.5, 0.6) is 0 Å². The molecule has 0 aromatic heterocycles. The molecular weight excluding hydrogens is 248 g/mol. The van der Waals surface area contributed by atoms with Crippen molar-refractivity contribution < 1.29 is 9.90 Å². The quantitative estimate of drug-likeness (QED) is 0.460. The highest BCUT2D eigenvalue weighted by molar-refractivity contribution is 5.66. The zero-order valence-corrected chi connectivity index (χ0v) is 12.8. The molecule has 1 N–H and O–H groups in total. The third kappa shape index (κ3) is 16.6. The first-order valence-electron chi connectivity index (χ1n) is 7.90. The van der Waals surface area contributed by atoms with E-state index >= 15 is 0 Å². The highest BCUT2D eigenvalue weighted by Gasteiger charge is 1.95. The largest absolute Gasteiger partial charge is 0.481 e. The van der Waals surface area contributed by atoms with E-state index in [1.165, 1.54) is 19.3 Å². The van der Waals surface area contributed by atoms with Gasteiger partial charge >= 0.3 is 5.97 Å². The van der Waals surface area contributed by atoms with Crippen molar-refractivity contribution in [1.82, 2.24) is 0 Å². The third-order valence-electron chi connectivity index (χ3n) is 2.97. The summed E-state index contributed by atoms with van der Waals surface area (Å²) in [6.45, 7) is 2.20. The van der Waals surface area contributed by atoms with Gasteiger partial charge < -0.3 is 5.11 Å². The summed E-state index contributed by atoms with van der Waals surface area (Å²) in [6, 6.07) is 0. The number of carboxylic acid groups (broad SMARTS) is 1. The number of carbonyl (C=O) groups is 1. The van der Waals surface area contributed by atoms with Crippen molar-refractivity contribution in [2.24, 2.45) is 0 Å². The summed E-state index contributed by atoms with van der Waals surface area (Å²) in [5.74, 6) is 12.0. The molecule has 0 aromatic carbocycles. The van der Waals surface area contributed by atoms with Gasteiger partial charge in [-0.1, -0.05) is 32.6 Å². The minimum absolute atomic E-state index is 0.294. The molecule has 0 unspecified atom stereocenters. The summed E-state index contributed by atoms with van der Waals surface area (Å²) in [5, 5.41) is 8.48. The van der Waals surface area contributed by atoms with Crippen LogP contribution in [-0.2, 0) is 4.79 Å². The van der Waals surface area contributed by atoms with Gasteiger partial charge in [-0.25, -0.2) is 0 Å². The van der Waals surface area contributed by atoms with E-state index in [2.05, 4.69) is 30.6 Å². The van der Waals surface area contributed by atoms with Gasteiger partial charge in [-0.3, -0.25) is 4.79 Å². The fourth-order valence-corrected chi connectivity index (χ4v) is 1.79. The maximum absolute atomic E-state index is 10.3. The summed E-state index contributed by atoms with van der Waals surface area (Å²) < 4.78 is 0. The molecule has 20 heavy (non-hydrogen) atoms. The zero-order valence-electron chi connectivity index (χ0n) is 12.8. The van der Waals surface area contributed by atoms with Gasteiger partial charge in [-0.05, 0) is 19.3 Å². The van der Waals surface area contributed by atoms with Crippen LogP contribution in [0.4, 0.5) is 0 Å². The van der Waals surface area contributed by atoms with Crippen LogP contribution in [0.15, 0.2) is 0 Å². The minimum atomic E-state index is -0.694. The van der Waals surface area contributed by atoms with Gasteiger partial charge in [0.2, 0.25) is 0 Å². The van der Waals surface area contributed by atoms with E-state index in [1.54, 1.807) is 0 Å². The average molecular weight is 276 g/mol. The molecule has 0 aliphatic rings. The van der Waals surface area contributed by atoms with Crippen LogP contribution in [0.1, 0.15) is 84.0 Å². The highest BCUT2D eigenvalue weighted by Crippen LogP contribution is 2.04. The van der Waals surface area contributed by atoms with Crippen LogP contribution < -0.4 is 0 Å². The lowest BCUT2D eigenvalue weighted by Gasteiger charge is -1.95. The first-order chi connectivity index (χ1) is 9.77. The van der Waals surface area contributed by atoms with Gasteiger partial charge in [0.1, 0.15) is 0 Å². The first kappa shape index (κ1) is 18.6. The van der Waals surface area contributed by atoms with Crippen molar-refractivity contribution in [2.75, 3.05) is 0 Å². The molecular formula is C18H28O2. The van der Waals surface area contributed by atoms with E-state index in [0.29, 0.717) is 6.42 Å². The molecule has 0 fully saturated rings. The van der Waals surface area contributed by atoms with E-state index in [-0.39, 0.29) is 0 Å². The second kappa shape index (κ2) is 15.6. The standard InChI is InChI=1S/C18H28O2/c1-2-3-4-5-6-7-8-9-10-11-12-13-14-15-16-17-18(19)20/h2-5,8-9,12-17H2,1H3,(H,19,20). The third-order valence-corrected chi connectivity index (χ3v) is 2.97. The molecule has 0 rings (SSSR count). The second-order valence-corrected chi connectivity index (χ2v) is 4.97. The van der Waals surface area contributed by atoms with Crippen LogP contribution >= 0.6 is 0 Å². The fourth-order valence-electron chi connectivity index (χ4n) is 1.79. The number of hydrogen-bond acceptors (Lipinski definition) is 1. The van der Waals surface area contributed by atoms with Crippen molar-refractivity contribution in [3.05, 3.63) is 0 Å². The molecule has 2 heteroatoms. The van der Waals surface area contributed by atoms with Crippen molar-refractivity contribution in [2.45, 2.75) is 84.0 Å². The lowest BCUT2D eigenvalue weighted by molar-refractivity contribution is -0.137. The van der Waals surface area contributed by atoms with Crippen LogP contribution in [0.2, 0.25) is 0 Å². The maximum atomic E-state index is 10.3. The number of carboxylic acids is 1. The van der Waals surface area contributed by atoms with E-state index in [0.717, 1.165) is 51.4 Å². The molecule has 0 spiro atoms. The Morgan fingerprint density at radius 3 is 1.80 bits per heavy atom. The maximum Gasteiger partial charge on any atom is 0.303 e. The van der Waals surface area contributed by atoms with Crippen molar-refractivity contribution in [3.8, 4) is 23.7 Å². The summed E-state index contributed by atoms with van der Waals surface area (Å²) in [5.41, 5.74) is 0. The molecule has 0 aliphatic carbocycles. The molecule has 0 heterocycles. The zero-order chi connectivity index (χ0) is 14.9. The molecule has 0 saturated carbocycles. The number of hydrogen-bond donors (Lipinski definition) is 1. The molecule has 0 atom stereocenters. The van der Waals surface area contributed by atoms with E-state index < -0.39 is 5.97 Å². The normalized spacial score (nSPS) is 9.25. The van der Waals surface area contributed by atoms with Crippen molar-refractivity contribution >= 4 is 5.97 Å². The molecule has 0 radical (unpaired) electrons. The molecule has 0 aromatic rings. The van der Waals surface area contributed by atoms with Gasteiger partial charge in [0.05, 0.1) is 0 Å². The second-order valence-electron chi connectivity index (χ2n) is 4.97. The fraction of sp³-hybridized carbons (Fsp3) is 0.722. The Bertz CT molecular complexity index is 349. The van der Waals surface area contributed by atoms with E-state index in [9.17, 15) is 4.79 Å². The number of aliphatic carboxylic acids is 1.